The summed E-state index contributed by atoms with van der Waals surface area (Å²) < 4.78 is 2.05. The normalized spacial score (nSPS) is 9.94. The second kappa shape index (κ2) is 6.35. The fourth-order valence-electron chi connectivity index (χ4n) is 1.54. The standard InChI is InChI=1S/C12H14N6/c13-9-11-3-5-16-12(17-11)15-4-1-2-7-18-8-6-14-10-18/h3,5-6,8,10H,1-2,4,7H2,(H,15,16,17). The molecule has 2 aromatic rings. The Bertz CT molecular complexity index is 514. The summed E-state index contributed by atoms with van der Waals surface area (Å²) in [6, 6.07) is 3.57. The molecule has 0 aliphatic carbocycles. The van der Waals surface area contributed by atoms with Crippen LogP contribution in [0.15, 0.2) is 31.0 Å². The molecule has 0 fully saturated rings. The van der Waals surface area contributed by atoms with Gasteiger partial charge in [-0.25, -0.2) is 15.0 Å². The van der Waals surface area contributed by atoms with E-state index in [9.17, 15) is 0 Å². The van der Waals surface area contributed by atoms with Crippen molar-refractivity contribution in [1.29, 1.82) is 5.26 Å². The van der Waals surface area contributed by atoms with Crippen molar-refractivity contribution >= 4 is 5.95 Å². The molecule has 0 unspecified atom stereocenters. The van der Waals surface area contributed by atoms with E-state index in [1.807, 2.05) is 23.2 Å². The van der Waals surface area contributed by atoms with Crippen molar-refractivity contribution in [1.82, 2.24) is 19.5 Å². The molecule has 0 amide bonds. The van der Waals surface area contributed by atoms with Gasteiger partial charge in [0.15, 0.2) is 0 Å². The van der Waals surface area contributed by atoms with Crippen LogP contribution in [0.5, 0.6) is 0 Å². The number of nitriles is 1. The number of aryl methyl sites for hydroxylation is 1. The van der Waals surface area contributed by atoms with Gasteiger partial charge >= 0.3 is 0 Å². The molecular weight excluding hydrogens is 228 g/mol. The largest absolute Gasteiger partial charge is 0.354 e. The van der Waals surface area contributed by atoms with Gasteiger partial charge in [0, 0.05) is 31.7 Å². The Hall–Kier alpha value is -2.42. The highest BCUT2D eigenvalue weighted by atomic mass is 15.1. The van der Waals surface area contributed by atoms with E-state index in [0.29, 0.717) is 11.6 Å². The maximum atomic E-state index is 8.70. The highest BCUT2D eigenvalue weighted by molar-refractivity contribution is 5.29. The summed E-state index contributed by atoms with van der Waals surface area (Å²) in [4.78, 5) is 12.1. The lowest BCUT2D eigenvalue weighted by Crippen LogP contribution is -2.07. The van der Waals surface area contributed by atoms with Crippen molar-refractivity contribution in [3.8, 4) is 6.07 Å². The maximum absolute atomic E-state index is 8.70. The number of nitrogens with zero attached hydrogens (tertiary/aromatic N) is 5. The van der Waals surface area contributed by atoms with Crippen LogP contribution in [-0.4, -0.2) is 26.1 Å². The van der Waals surface area contributed by atoms with E-state index in [-0.39, 0.29) is 0 Å². The molecule has 2 heterocycles. The smallest absolute Gasteiger partial charge is 0.223 e. The lowest BCUT2D eigenvalue weighted by molar-refractivity contribution is 0.620. The van der Waals surface area contributed by atoms with Crippen LogP contribution in [0.2, 0.25) is 0 Å². The average Bonchev–Trinajstić information content (AvgIpc) is 2.92. The SMILES string of the molecule is N#Cc1ccnc(NCCCCn2ccnc2)n1. The van der Waals surface area contributed by atoms with Crippen molar-refractivity contribution < 1.29 is 0 Å². The molecule has 18 heavy (non-hydrogen) atoms. The van der Waals surface area contributed by atoms with E-state index < -0.39 is 0 Å². The molecule has 0 aliphatic rings. The van der Waals surface area contributed by atoms with Crippen molar-refractivity contribution in [3.63, 3.8) is 0 Å². The zero-order chi connectivity index (χ0) is 12.6. The molecular formula is C12H14N6. The van der Waals surface area contributed by atoms with Crippen LogP contribution in [0, 0.1) is 11.3 Å². The minimum absolute atomic E-state index is 0.380. The van der Waals surface area contributed by atoms with E-state index in [2.05, 4.69) is 20.3 Å². The third-order valence-electron chi connectivity index (χ3n) is 2.46. The molecule has 2 aromatic heterocycles. The molecule has 2 rings (SSSR count). The van der Waals surface area contributed by atoms with Gasteiger partial charge in [-0.15, -0.1) is 0 Å². The molecule has 6 nitrogen and oxygen atoms in total. The number of hydrogen-bond acceptors (Lipinski definition) is 5. The number of aromatic nitrogens is 4. The lowest BCUT2D eigenvalue weighted by Gasteiger charge is -2.05. The molecule has 0 aliphatic heterocycles. The second-order valence-corrected chi connectivity index (χ2v) is 3.81. The monoisotopic (exact) mass is 242 g/mol. The Labute approximate surface area is 105 Å². The van der Waals surface area contributed by atoms with Crippen molar-refractivity contribution in [2.45, 2.75) is 19.4 Å². The maximum Gasteiger partial charge on any atom is 0.223 e. The summed E-state index contributed by atoms with van der Waals surface area (Å²) in [5, 5.41) is 11.8. The molecule has 0 radical (unpaired) electrons. The quantitative estimate of drug-likeness (QED) is 0.775. The molecule has 0 spiro atoms. The van der Waals surface area contributed by atoms with Gasteiger partial charge in [-0.3, -0.25) is 0 Å². The van der Waals surface area contributed by atoms with Crippen LogP contribution in [0.3, 0.4) is 0 Å². The van der Waals surface area contributed by atoms with E-state index in [1.165, 1.54) is 0 Å². The Morgan fingerprint density at radius 1 is 1.33 bits per heavy atom. The molecule has 0 saturated heterocycles. The predicted octanol–water partition coefficient (Wildman–Crippen LogP) is 1.44. The highest BCUT2D eigenvalue weighted by Crippen LogP contribution is 2.00. The fourth-order valence-corrected chi connectivity index (χ4v) is 1.54. The first kappa shape index (κ1) is 12.0. The van der Waals surface area contributed by atoms with E-state index in [1.54, 1.807) is 18.5 Å². The van der Waals surface area contributed by atoms with Gasteiger partial charge in [0.1, 0.15) is 11.8 Å². The zero-order valence-corrected chi connectivity index (χ0v) is 9.95. The van der Waals surface area contributed by atoms with E-state index >= 15 is 0 Å². The molecule has 0 aromatic carbocycles. The zero-order valence-electron chi connectivity index (χ0n) is 9.95. The summed E-state index contributed by atoms with van der Waals surface area (Å²) in [7, 11) is 0. The van der Waals surface area contributed by atoms with Crippen molar-refractivity contribution in [3.05, 3.63) is 36.7 Å². The van der Waals surface area contributed by atoms with Gasteiger partial charge in [0.05, 0.1) is 6.33 Å². The first-order chi connectivity index (χ1) is 8.88. The number of nitrogens with one attached hydrogen (secondary N) is 1. The Balaban J connectivity index is 1.67. The number of imidazole rings is 1. The number of anilines is 1. The number of hydrogen-bond donors (Lipinski definition) is 1. The number of rotatable bonds is 6. The van der Waals surface area contributed by atoms with Crippen molar-refractivity contribution in [2.24, 2.45) is 0 Å². The first-order valence-corrected chi connectivity index (χ1v) is 5.81. The van der Waals surface area contributed by atoms with Gasteiger partial charge in [-0.2, -0.15) is 5.26 Å². The fraction of sp³-hybridized carbons (Fsp3) is 0.333. The minimum Gasteiger partial charge on any atom is -0.354 e. The van der Waals surface area contributed by atoms with Crippen LogP contribution < -0.4 is 5.32 Å². The van der Waals surface area contributed by atoms with Crippen LogP contribution in [0.25, 0.3) is 0 Å². The molecule has 92 valence electrons. The summed E-state index contributed by atoms with van der Waals surface area (Å²) >= 11 is 0. The van der Waals surface area contributed by atoms with Crippen LogP contribution in [0.1, 0.15) is 18.5 Å². The van der Waals surface area contributed by atoms with Crippen LogP contribution >= 0.6 is 0 Å². The second-order valence-electron chi connectivity index (χ2n) is 3.81. The third kappa shape index (κ3) is 3.56. The average molecular weight is 242 g/mol. The van der Waals surface area contributed by atoms with Gasteiger partial charge in [-0.1, -0.05) is 0 Å². The molecule has 0 bridgehead atoms. The Morgan fingerprint density at radius 3 is 3.06 bits per heavy atom. The van der Waals surface area contributed by atoms with E-state index in [0.717, 1.165) is 25.9 Å². The summed E-state index contributed by atoms with van der Waals surface area (Å²) in [6.45, 7) is 1.75. The first-order valence-electron chi connectivity index (χ1n) is 5.81. The molecule has 6 heteroatoms. The topological polar surface area (TPSA) is 79.4 Å². The van der Waals surface area contributed by atoms with Gasteiger partial charge < -0.3 is 9.88 Å². The number of unbranched alkanes of at least 4 members (excludes halogenated alkanes) is 1. The summed E-state index contributed by atoms with van der Waals surface area (Å²) in [5.74, 6) is 0.511. The van der Waals surface area contributed by atoms with Gasteiger partial charge in [0.25, 0.3) is 0 Å². The Morgan fingerprint density at radius 2 is 2.28 bits per heavy atom. The molecule has 0 saturated carbocycles. The molecule has 0 atom stereocenters. The Kier molecular flexibility index (Phi) is 4.25. The summed E-state index contributed by atoms with van der Waals surface area (Å²) in [5.41, 5.74) is 0.380. The summed E-state index contributed by atoms with van der Waals surface area (Å²) in [6.07, 6.45) is 9.19. The van der Waals surface area contributed by atoms with Gasteiger partial charge in [0.2, 0.25) is 5.95 Å². The van der Waals surface area contributed by atoms with Gasteiger partial charge in [-0.05, 0) is 18.9 Å². The lowest BCUT2D eigenvalue weighted by atomic mass is 10.3. The minimum atomic E-state index is 0.380. The predicted molar refractivity (Wildman–Crippen MR) is 66.7 cm³/mol. The van der Waals surface area contributed by atoms with Crippen molar-refractivity contribution in [2.75, 3.05) is 11.9 Å². The molecule has 1 N–H and O–H groups in total. The van der Waals surface area contributed by atoms with E-state index in [4.69, 9.17) is 5.26 Å². The van der Waals surface area contributed by atoms with Crippen LogP contribution in [0.4, 0.5) is 5.95 Å². The van der Waals surface area contributed by atoms with Crippen LogP contribution in [-0.2, 0) is 6.54 Å². The highest BCUT2D eigenvalue weighted by Gasteiger charge is 1.97. The third-order valence-corrected chi connectivity index (χ3v) is 2.46.